The molecule has 1 aromatic carbocycles. The van der Waals surface area contributed by atoms with Crippen LogP contribution in [-0.4, -0.2) is 45.1 Å². The fraction of sp³-hybridized carbons (Fsp3) is 0.769. The third kappa shape index (κ3) is 13.1. The smallest absolute Gasteiger partial charge is 0.157 e. The molecule has 29 heavy (non-hydrogen) atoms. The Morgan fingerprint density at radius 1 is 0.724 bits per heavy atom. The van der Waals surface area contributed by atoms with Gasteiger partial charge in [-0.3, -0.25) is 0 Å². The first kappa shape index (κ1) is 26.1. The van der Waals surface area contributed by atoms with Crippen LogP contribution in [0.2, 0.25) is 0 Å². The molecule has 0 saturated carbocycles. The standard InChI is InChI=1S/C26H48NO2/c1-5-6-7-8-9-10-11-12-13-17-22-27(2,23-18-21-26(28-3)29-4)24-25-19-15-14-16-20-25/h14-16,19-20,26H,5-13,17-18,21-24H2,1-4H3/q+1. The van der Waals surface area contributed by atoms with Gasteiger partial charge in [-0.2, -0.15) is 0 Å². The van der Waals surface area contributed by atoms with Crippen LogP contribution in [-0.2, 0) is 16.0 Å². The lowest BCUT2D eigenvalue weighted by Gasteiger charge is -2.35. The summed E-state index contributed by atoms with van der Waals surface area (Å²) in [7, 11) is 5.89. The number of hydrogen-bond acceptors (Lipinski definition) is 2. The van der Waals surface area contributed by atoms with Crippen molar-refractivity contribution in [1.29, 1.82) is 0 Å². The van der Waals surface area contributed by atoms with Crippen LogP contribution in [0.3, 0.4) is 0 Å². The Bertz CT molecular complexity index is 475. The first-order valence-corrected chi connectivity index (χ1v) is 12.1. The summed E-state index contributed by atoms with van der Waals surface area (Å²) in [6, 6.07) is 11.0. The van der Waals surface area contributed by atoms with Crippen molar-refractivity contribution >= 4 is 0 Å². The lowest BCUT2D eigenvalue weighted by Crippen LogP contribution is -2.45. The van der Waals surface area contributed by atoms with Crippen molar-refractivity contribution in [2.75, 3.05) is 34.4 Å². The summed E-state index contributed by atoms with van der Waals surface area (Å²) in [6.07, 6.45) is 16.0. The van der Waals surface area contributed by atoms with Crippen LogP contribution < -0.4 is 0 Å². The quantitative estimate of drug-likeness (QED) is 0.140. The molecule has 3 heteroatoms. The van der Waals surface area contributed by atoms with Crippen molar-refractivity contribution in [3.63, 3.8) is 0 Å². The molecular weight excluding hydrogens is 358 g/mol. The molecule has 0 radical (unpaired) electrons. The van der Waals surface area contributed by atoms with Gasteiger partial charge >= 0.3 is 0 Å². The molecule has 1 aromatic rings. The molecule has 0 bridgehead atoms. The highest BCUT2D eigenvalue weighted by Gasteiger charge is 2.22. The third-order valence-electron chi connectivity index (χ3n) is 6.12. The molecule has 0 aliphatic carbocycles. The molecule has 1 atom stereocenters. The monoisotopic (exact) mass is 406 g/mol. The Labute approximate surface area is 181 Å². The van der Waals surface area contributed by atoms with Gasteiger partial charge in [0.25, 0.3) is 0 Å². The Hall–Kier alpha value is -0.900. The van der Waals surface area contributed by atoms with Gasteiger partial charge in [0, 0.05) is 32.6 Å². The van der Waals surface area contributed by atoms with Crippen molar-refractivity contribution in [2.24, 2.45) is 0 Å². The van der Waals surface area contributed by atoms with Crippen LogP contribution in [0.5, 0.6) is 0 Å². The molecular formula is C26H48NO2+. The molecule has 168 valence electrons. The summed E-state index contributed by atoms with van der Waals surface area (Å²) in [5.74, 6) is 0. The van der Waals surface area contributed by atoms with E-state index in [1.54, 1.807) is 14.2 Å². The normalized spacial score (nSPS) is 13.7. The zero-order valence-electron chi connectivity index (χ0n) is 19.8. The zero-order valence-corrected chi connectivity index (χ0v) is 19.8. The minimum atomic E-state index is -0.0718. The van der Waals surface area contributed by atoms with E-state index in [1.807, 2.05) is 0 Å². The third-order valence-corrected chi connectivity index (χ3v) is 6.12. The van der Waals surface area contributed by atoms with E-state index >= 15 is 0 Å². The van der Waals surface area contributed by atoms with E-state index in [0.717, 1.165) is 23.9 Å². The van der Waals surface area contributed by atoms with Crippen molar-refractivity contribution in [3.8, 4) is 0 Å². The summed E-state index contributed by atoms with van der Waals surface area (Å²) in [4.78, 5) is 0. The molecule has 0 saturated heterocycles. The molecule has 0 heterocycles. The fourth-order valence-electron chi connectivity index (χ4n) is 4.25. The van der Waals surface area contributed by atoms with Crippen LogP contribution in [0.1, 0.15) is 89.5 Å². The molecule has 0 spiro atoms. The molecule has 0 aliphatic rings. The molecule has 0 fully saturated rings. The van der Waals surface area contributed by atoms with Gasteiger partial charge in [-0.15, -0.1) is 0 Å². The number of rotatable bonds is 19. The summed E-state index contributed by atoms with van der Waals surface area (Å²) in [5.41, 5.74) is 1.44. The number of ether oxygens (including phenoxy) is 2. The average molecular weight is 407 g/mol. The van der Waals surface area contributed by atoms with Gasteiger partial charge in [-0.1, -0.05) is 88.6 Å². The average Bonchev–Trinajstić information content (AvgIpc) is 2.73. The van der Waals surface area contributed by atoms with Crippen molar-refractivity contribution < 1.29 is 14.0 Å². The summed E-state index contributed by atoms with van der Waals surface area (Å²) < 4.78 is 11.9. The van der Waals surface area contributed by atoms with Crippen LogP contribution in [0, 0.1) is 0 Å². The number of unbranched alkanes of at least 4 members (excludes halogenated alkanes) is 9. The zero-order chi connectivity index (χ0) is 21.2. The first-order chi connectivity index (χ1) is 14.1. The highest BCUT2D eigenvalue weighted by atomic mass is 16.7. The summed E-state index contributed by atoms with van der Waals surface area (Å²) in [6.45, 7) is 5.84. The maximum Gasteiger partial charge on any atom is 0.157 e. The maximum absolute atomic E-state index is 5.37. The highest BCUT2D eigenvalue weighted by Crippen LogP contribution is 2.18. The van der Waals surface area contributed by atoms with Gasteiger partial charge in [-0.25, -0.2) is 0 Å². The Morgan fingerprint density at radius 2 is 1.24 bits per heavy atom. The second-order valence-corrected chi connectivity index (χ2v) is 8.94. The van der Waals surface area contributed by atoms with E-state index in [0.29, 0.717) is 0 Å². The largest absolute Gasteiger partial charge is 0.356 e. The highest BCUT2D eigenvalue weighted by molar-refractivity contribution is 5.13. The summed E-state index contributed by atoms with van der Waals surface area (Å²) in [5, 5.41) is 0. The minimum Gasteiger partial charge on any atom is -0.356 e. The van der Waals surface area contributed by atoms with Crippen LogP contribution in [0.15, 0.2) is 30.3 Å². The van der Waals surface area contributed by atoms with Crippen LogP contribution in [0.4, 0.5) is 0 Å². The van der Waals surface area contributed by atoms with Crippen molar-refractivity contribution in [2.45, 2.75) is 96.8 Å². The lowest BCUT2D eigenvalue weighted by atomic mass is 10.1. The van der Waals surface area contributed by atoms with Gasteiger partial charge in [0.05, 0.1) is 20.1 Å². The van der Waals surface area contributed by atoms with Gasteiger partial charge in [-0.05, 0) is 12.8 Å². The maximum atomic E-state index is 5.37. The van der Waals surface area contributed by atoms with E-state index in [4.69, 9.17) is 9.47 Å². The second kappa shape index (κ2) is 16.8. The fourth-order valence-corrected chi connectivity index (χ4v) is 4.25. The van der Waals surface area contributed by atoms with Crippen LogP contribution >= 0.6 is 0 Å². The first-order valence-electron chi connectivity index (χ1n) is 12.1. The lowest BCUT2D eigenvalue weighted by molar-refractivity contribution is -0.923. The molecule has 0 amide bonds. The number of methoxy groups -OCH3 is 2. The van der Waals surface area contributed by atoms with Gasteiger partial charge in [0.15, 0.2) is 6.29 Å². The molecule has 3 nitrogen and oxygen atoms in total. The van der Waals surface area contributed by atoms with Gasteiger partial charge in [0.1, 0.15) is 6.54 Å². The van der Waals surface area contributed by atoms with E-state index in [9.17, 15) is 0 Å². The number of benzene rings is 1. The van der Waals surface area contributed by atoms with E-state index < -0.39 is 0 Å². The van der Waals surface area contributed by atoms with E-state index in [1.165, 1.54) is 82.9 Å². The Balaban J connectivity index is 2.34. The van der Waals surface area contributed by atoms with E-state index in [-0.39, 0.29) is 6.29 Å². The van der Waals surface area contributed by atoms with Crippen molar-refractivity contribution in [3.05, 3.63) is 35.9 Å². The Kier molecular flexibility index (Phi) is 15.2. The number of quaternary nitrogens is 1. The minimum absolute atomic E-state index is 0.0718. The number of hydrogen-bond donors (Lipinski definition) is 0. The van der Waals surface area contributed by atoms with E-state index in [2.05, 4.69) is 44.3 Å². The van der Waals surface area contributed by atoms with Gasteiger partial charge < -0.3 is 14.0 Å². The molecule has 0 aliphatic heterocycles. The molecule has 0 N–H and O–H groups in total. The van der Waals surface area contributed by atoms with Crippen LogP contribution in [0.25, 0.3) is 0 Å². The molecule has 0 aromatic heterocycles. The topological polar surface area (TPSA) is 18.5 Å². The number of nitrogens with zero attached hydrogens (tertiary/aromatic N) is 1. The summed E-state index contributed by atoms with van der Waals surface area (Å²) >= 11 is 0. The predicted octanol–water partition coefficient (Wildman–Crippen LogP) is 6.95. The van der Waals surface area contributed by atoms with Crippen molar-refractivity contribution in [1.82, 2.24) is 0 Å². The Morgan fingerprint density at radius 3 is 1.79 bits per heavy atom. The predicted molar refractivity (Wildman–Crippen MR) is 125 cm³/mol. The second-order valence-electron chi connectivity index (χ2n) is 8.94. The van der Waals surface area contributed by atoms with Gasteiger partial charge in [0.2, 0.25) is 0 Å². The molecule has 1 rings (SSSR count). The molecule has 1 unspecified atom stereocenters. The SMILES string of the molecule is CCCCCCCCCCCC[N+](C)(CCCC(OC)OC)Cc1ccccc1.